The molecule has 0 aliphatic carbocycles. The molecule has 0 aliphatic rings. The van der Waals surface area contributed by atoms with Crippen LogP contribution in [0.3, 0.4) is 0 Å². The van der Waals surface area contributed by atoms with Crippen LogP contribution in [0.5, 0.6) is 0 Å². The molecule has 0 aliphatic heterocycles. The van der Waals surface area contributed by atoms with Crippen molar-refractivity contribution < 1.29 is 13.2 Å². The minimum absolute atomic E-state index is 0.183. The summed E-state index contributed by atoms with van der Waals surface area (Å²) in [5, 5.41) is 3.26. The normalized spacial score (nSPS) is 11.9. The van der Waals surface area contributed by atoms with Crippen molar-refractivity contribution in [3.05, 3.63) is 42.1 Å². The molecule has 1 aromatic heterocycles. The quantitative estimate of drug-likeness (QED) is 0.892. The molecule has 0 radical (unpaired) electrons. The van der Waals surface area contributed by atoms with E-state index in [0.717, 1.165) is 16.5 Å². The molecule has 0 unspecified atom stereocenters. The zero-order valence-corrected chi connectivity index (χ0v) is 8.96. The van der Waals surface area contributed by atoms with Gasteiger partial charge in [-0.05, 0) is 17.7 Å². The number of fused-ring (bicyclic) bond motifs is 1. The highest BCUT2D eigenvalue weighted by atomic mass is 19.4. The van der Waals surface area contributed by atoms with E-state index in [0.29, 0.717) is 0 Å². The van der Waals surface area contributed by atoms with E-state index in [9.17, 15) is 13.2 Å². The van der Waals surface area contributed by atoms with Crippen LogP contribution in [0, 0.1) is 0 Å². The van der Waals surface area contributed by atoms with Gasteiger partial charge in [0.25, 0.3) is 0 Å². The minimum Gasteiger partial charge on any atom is -0.305 e. The van der Waals surface area contributed by atoms with E-state index >= 15 is 0 Å². The number of nitrogens with zero attached hydrogens (tertiary/aromatic N) is 1. The fourth-order valence-corrected chi connectivity index (χ4v) is 1.66. The number of hydrogen-bond acceptors (Lipinski definition) is 2. The average molecular weight is 240 g/mol. The van der Waals surface area contributed by atoms with Gasteiger partial charge in [-0.1, -0.05) is 18.2 Å². The number of alkyl halides is 3. The first-order valence-electron chi connectivity index (χ1n) is 5.16. The smallest absolute Gasteiger partial charge is 0.305 e. The van der Waals surface area contributed by atoms with Crippen LogP contribution in [-0.2, 0) is 6.54 Å². The first kappa shape index (κ1) is 11.9. The number of rotatable bonds is 3. The maximum Gasteiger partial charge on any atom is 0.401 e. The Morgan fingerprint density at radius 2 is 1.94 bits per heavy atom. The Bertz CT molecular complexity index is 503. The maximum atomic E-state index is 12.0. The summed E-state index contributed by atoms with van der Waals surface area (Å²) in [5.41, 5.74) is 1.61. The third kappa shape index (κ3) is 3.17. The van der Waals surface area contributed by atoms with E-state index in [-0.39, 0.29) is 6.54 Å². The molecule has 0 saturated carbocycles. The van der Waals surface area contributed by atoms with Crippen LogP contribution < -0.4 is 5.32 Å². The molecule has 90 valence electrons. The molecule has 5 heteroatoms. The molecular weight excluding hydrogens is 229 g/mol. The van der Waals surface area contributed by atoms with Crippen molar-refractivity contribution in [1.82, 2.24) is 10.3 Å². The van der Waals surface area contributed by atoms with E-state index in [1.807, 2.05) is 12.1 Å². The van der Waals surface area contributed by atoms with Gasteiger partial charge in [0, 0.05) is 18.1 Å². The van der Waals surface area contributed by atoms with Gasteiger partial charge in [-0.25, -0.2) is 0 Å². The molecule has 1 N–H and O–H groups in total. The fourth-order valence-electron chi connectivity index (χ4n) is 1.66. The molecule has 2 nitrogen and oxygen atoms in total. The highest BCUT2D eigenvalue weighted by Gasteiger charge is 2.26. The lowest BCUT2D eigenvalue weighted by Crippen LogP contribution is -2.28. The summed E-state index contributed by atoms with van der Waals surface area (Å²) < 4.78 is 36.0. The Morgan fingerprint density at radius 3 is 2.71 bits per heavy atom. The lowest BCUT2D eigenvalue weighted by molar-refractivity contribution is -0.125. The van der Waals surface area contributed by atoms with Gasteiger partial charge in [-0.3, -0.25) is 4.98 Å². The van der Waals surface area contributed by atoms with Gasteiger partial charge < -0.3 is 5.32 Å². The van der Waals surface area contributed by atoms with Crippen molar-refractivity contribution in [3.8, 4) is 0 Å². The molecule has 1 heterocycles. The first-order valence-corrected chi connectivity index (χ1v) is 5.16. The molecular formula is C12H11F3N2. The van der Waals surface area contributed by atoms with Gasteiger partial charge in [-0.15, -0.1) is 0 Å². The van der Waals surface area contributed by atoms with E-state index in [1.165, 1.54) is 0 Å². The number of nitrogens with one attached hydrogen (secondary N) is 1. The molecule has 0 amide bonds. The van der Waals surface area contributed by atoms with Crippen molar-refractivity contribution in [2.75, 3.05) is 6.54 Å². The molecule has 2 rings (SSSR count). The number of aromatic nitrogens is 1. The highest BCUT2D eigenvalue weighted by molar-refractivity contribution is 5.81. The van der Waals surface area contributed by atoms with Crippen molar-refractivity contribution >= 4 is 10.9 Å². The third-order valence-corrected chi connectivity index (χ3v) is 2.38. The summed E-state index contributed by atoms with van der Waals surface area (Å²) in [7, 11) is 0. The second-order valence-electron chi connectivity index (χ2n) is 3.71. The van der Waals surface area contributed by atoms with Gasteiger partial charge >= 0.3 is 6.18 Å². The molecule has 0 saturated heterocycles. The van der Waals surface area contributed by atoms with E-state index < -0.39 is 12.7 Å². The van der Waals surface area contributed by atoms with Crippen LogP contribution in [0.2, 0.25) is 0 Å². The Morgan fingerprint density at radius 1 is 1.12 bits per heavy atom. The average Bonchev–Trinajstić information content (AvgIpc) is 2.28. The largest absolute Gasteiger partial charge is 0.401 e. The lowest BCUT2D eigenvalue weighted by atomic mass is 10.1. The molecule has 0 spiro atoms. The van der Waals surface area contributed by atoms with Crippen LogP contribution in [0.25, 0.3) is 10.9 Å². The Hall–Kier alpha value is -1.62. The molecule has 1 aromatic carbocycles. The van der Waals surface area contributed by atoms with E-state index in [1.54, 1.807) is 24.4 Å². The zero-order chi connectivity index (χ0) is 12.3. The number of pyridine rings is 1. The summed E-state index contributed by atoms with van der Waals surface area (Å²) in [6.07, 6.45) is -2.52. The molecule has 0 bridgehead atoms. The predicted molar refractivity (Wildman–Crippen MR) is 59.5 cm³/mol. The summed E-state index contributed by atoms with van der Waals surface area (Å²) in [5.74, 6) is 0. The number of benzene rings is 1. The maximum absolute atomic E-state index is 12.0. The third-order valence-electron chi connectivity index (χ3n) is 2.38. The second-order valence-corrected chi connectivity index (χ2v) is 3.71. The Balaban J connectivity index is 2.13. The van der Waals surface area contributed by atoms with Crippen LogP contribution in [0.15, 0.2) is 36.5 Å². The second kappa shape index (κ2) is 4.71. The van der Waals surface area contributed by atoms with Gasteiger partial charge in [0.05, 0.1) is 12.1 Å². The van der Waals surface area contributed by atoms with Gasteiger partial charge in [0.15, 0.2) is 0 Å². The summed E-state index contributed by atoms with van der Waals surface area (Å²) in [6.45, 7) is -0.799. The summed E-state index contributed by atoms with van der Waals surface area (Å²) in [4.78, 5) is 4.15. The standard InChI is InChI=1S/C12H11F3N2/c13-12(14,15)8-16-7-9-3-1-5-11-10(9)4-2-6-17-11/h1-6,16H,7-8H2. The molecule has 2 aromatic rings. The van der Waals surface area contributed by atoms with Crippen LogP contribution in [0.4, 0.5) is 13.2 Å². The van der Waals surface area contributed by atoms with Crippen LogP contribution >= 0.6 is 0 Å². The van der Waals surface area contributed by atoms with Crippen molar-refractivity contribution in [1.29, 1.82) is 0 Å². The van der Waals surface area contributed by atoms with Crippen molar-refractivity contribution in [2.24, 2.45) is 0 Å². The fraction of sp³-hybridized carbons (Fsp3) is 0.250. The SMILES string of the molecule is FC(F)(F)CNCc1cccc2ncccc12. The number of hydrogen-bond donors (Lipinski definition) is 1. The van der Waals surface area contributed by atoms with E-state index in [4.69, 9.17) is 0 Å². The zero-order valence-electron chi connectivity index (χ0n) is 8.96. The molecule has 0 atom stereocenters. The van der Waals surface area contributed by atoms with Crippen molar-refractivity contribution in [2.45, 2.75) is 12.7 Å². The van der Waals surface area contributed by atoms with Gasteiger partial charge in [0.2, 0.25) is 0 Å². The summed E-state index contributed by atoms with van der Waals surface area (Å²) >= 11 is 0. The van der Waals surface area contributed by atoms with Gasteiger partial charge in [0.1, 0.15) is 0 Å². The monoisotopic (exact) mass is 240 g/mol. The lowest BCUT2D eigenvalue weighted by Gasteiger charge is -2.09. The number of halogens is 3. The Labute approximate surface area is 96.5 Å². The summed E-state index contributed by atoms with van der Waals surface area (Å²) in [6, 6.07) is 9.05. The first-order chi connectivity index (χ1) is 8.06. The molecule has 17 heavy (non-hydrogen) atoms. The predicted octanol–water partition coefficient (Wildman–Crippen LogP) is 2.89. The molecule has 0 fully saturated rings. The van der Waals surface area contributed by atoms with Crippen LogP contribution in [0.1, 0.15) is 5.56 Å². The van der Waals surface area contributed by atoms with Crippen LogP contribution in [-0.4, -0.2) is 17.7 Å². The Kier molecular flexibility index (Phi) is 3.28. The topological polar surface area (TPSA) is 24.9 Å². The minimum atomic E-state index is -4.18. The highest BCUT2D eigenvalue weighted by Crippen LogP contribution is 2.17. The van der Waals surface area contributed by atoms with Gasteiger partial charge in [-0.2, -0.15) is 13.2 Å². The van der Waals surface area contributed by atoms with Crippen molar-refractivity contribution in [3.63, 3.8) is 0 Å². The van der Waals surface area contributed by atoms with E-state index in [2.05, 4.69) is 10.3 Å².